The van der Waals surface area contributed by atoms with E-state index in [0.717, 1.165) is 18.1 Å². The highest BCUT2D eigenvalue weighted by molar-refractivity contribution is 5.67. The second-order valence-corrected chi connectivity index (χ2v) is 4.31. The van der Waals surface area contributed by atoms with Gasteiger partial charge in [0, 0.05) is 12.6 Å². The van der Waals surface area contributed by atoms with Crippen molar-refractivity contribution in [1.82, 2.24) is 4.90 Å². The zero-order valence-corrected chi connectivity index (χ0v) is 9.89. The molecular weight excluding hydrogens is 222 g/mol. The van der Waals surface area contributed by atoms with E-state index in [1.54, 1.807) is 0 Å². The Morgan fingerprint density at radius 2 is 2.41 bits per heavy atom. The summed E-state index contributed by atoms with van der Waals surface area (Å²) in [5.74, 6) is 0.962. The molecule has 5 nitrogen and oxygen atoms in total. The van der Waals surface area contributed by atoms with Crippen LogP contribution in [0, 0.1) is 6.92 Å². The molecular formula is C12H17NO4. The number of carboxylic acid groups (broad SMARTS) is 1. The van der Waals surface area contributed by atoms with Crippen molar-refractivity contribution >= 4 is 5.97 Å². The smallest absolute Gasteiger partial charge is 0.305 e. The van der Waals surface area contributed by atoms with Gasteiger partial charge >= 0.3 is 5.97 Å². The van der Waals surface area contributed by atoms with Crippen LogP contribution in [0.25, 0.3) is 0 Å². The highest BCUT2D eigenvalue weighted by Gasteiger charge is 2.25. The molecule has 0 amide bonds. The average Bonchev–Trinajstić information content (AvgIpc) is 2.66. The molecule has 1 atom stereocenters. The van der Waals surface area contributed by atoms with Crippen molar-refractivity contribution in [3.05, 3.63) is 23.7 Å². The third kappa shape index (κ3) is 3.31. The fourth-order valence-electron chi connectivity index (χ4n) is 2.06. The van der Waals surface area contributed by atoms with Gasteiger partial charge in [-0.3, -0.25) is 9.69 Å². The van der Waals surface area contributed by atoms with Gasteiger partial charge in [0.15, 0.2) is 0 Å². The Morgan fingerprint density at radius 3 is 3.06 bits per heavy atom. The summed E-state index contributed by atoms with van der Waals surface area (Å²) < 4.78 is 10.8. The predicted octanol–water partition coefficient (Wildman–Crippen LogP) is 1.26. The van der Waals surface area contributed by atoms with Crippen molar-refractivity contribution in [2.45, 2.75) is 25.9 Å². The van der Waals surface area contributed by atoms with Gasteiger partial charge < -0.3 is 14.3 Å². The fraction of sp³-hybridized carbons (Fsp3) is 0.583. The molecule has 17 heavy (non-hydrogen) atoms. The van der Waals surface area contributed by atoms with Gasteiger partial charge in [-0.15, -0.1) is 0 Å². The SMILES string of the molecule is Cc1ccc(CN2CCOCC2CC(=O)O)o1. The predicted molar refractivity (Wildman–Crippen MR) is 60.7 cm³/mol. The topological polar surface area (TPSA) is 62.9 Å². The lowest BCUT2D eigenvalue weighted by molar-refractivity contribution is -0.140. The van der Waals surface area contributed by atoms with E-state index in [9.17, 15) is 4.79 Å². The number of rotatable bonds is 4. The number of nitrogens with zero attached hydrogens (tertiary/aromatic N) is 1. The van der Waals surface area contributed by atoms with Crippen LogP contribution in [0.3, 0.4) is 0 Å². The maximum absolute atomic E-state index is 10.8. The van der Waals surface area contributed by atoms with Crippen LogP contribution in [0.2, 0.25) is 0 Å². The molecule has 2 rings (SSSR count). The van der Waals surface area contributed by atoms with E-state index in [0.29, 0.717) is 19.8 Å². The van der Waals surface area contributed by atoms with E-state index < -0.39 is 5.97 Å². The molecule has 1 aliphatic rings. The number of morpholine rings is 1. The molecule has 1 N–H and O–H groups in total. The van der Waals surface area contributed by atoms with E-state index >= 15 is 0 Å². The van der Waals surface area contributed by atoms with Crippen LogP contribution in [0.1, 0.15) is 17.9 Å². The van der Waals surface area contributed by atoms with Crippen molar-refractivity contribution in [3.8, 4) is 0 Å². The fourth-order valence-corrected chi connectivity index (χ4v) is 2.06. The van der Waals surface area contributed by atoms with Gasteiger partial charge in [0.2, 0.25) is 0 Å². The van der Waals surface area contributed by atoms with E-state index in [1.165, 1.54) is 0 Å². The maximum atomic E-state index is 10.8. The van der Waals surface area contributed by atoms with Crippen LogP contribution in [0.15, 0.2) is 16.5 Å². The third-order valence-corrected chi connectivity index (χ3v) is 2.91. The molecule has 94 valence electrons. The highest BCUT2D eigenvalue weighted by atomic mass is 16.5. The quantitative estimate of drug-likeness (QED) is 0.857. The minimum atomic E-state index is -0.791. The van der Waals surface area contributed by atoms with Crippen LogP contribution < -0.4 is 0 Å². The minimum Gasteiger partial charge on any atom is -0.481 e. The number of ether oxygens (including phenoxy) is 1. The molecule has 0 aromatic carbocycles. The van der Waals surface area contributed by atoms with Crippen LogP contribution in [0.4, 0.5) is 0 Å². The number of carbonyl (C=O) groups is 1. The summed E-state index contributed by atoms with van der Waals surface area (Å²) in [5, 5.41) is 8.85. The summed E-state index contributed by atoms with van der Waals surface area (Å²) in [4.78, 5) is 12.9. The summed E-state index contributed by atoms with van der Waals surface area (Å²) in [6, 6.07) is 3.79. The first-order valence-electron chi connectivity index (χ1n) is 5.74. The monoisotopic (exact) mass is 239 g/mol. The molecule has 0 aliphatic carbocycles. The summed E-state index contributed by atoms with van der Waals surface area (Å²) in [5.41, 5.74) is 0. The van der Waals surface area contributed by atoms with Gasteiger partial charge in [-0.1, -0.05) is 0 Å². The number of aryl methyl sites for hydroxylation is 1. The number of hydrogen-bond donors (Lipinski definition) is 1. The van der Waals surface area contributed by atoms with Gasteiger partial charge in [-0.2, -0.15) is 0 Å². The Hall–Kier alpha value is -1.33. The van der Waals surface area contributed by atoms with E-state index in [-0.39, 0.29) is 12.5 Å². The lowest BCUT2D eigenvalue weighted by atomic mass is 10.1. The van der Waals surface area contributed by atoms with E-state index in [2.05, 4.69) is 4.90 Å². The molecule has 0 bridgehead atoms. The molecule has 0 saturated carbocycles. The first kappa shape index (κ1) is 12.1. The molecule has 1 saturated heterocycles. The number of hydrogen-bond acceptors (Lipinski definition) is 4. The highest BCUT2D eigenvalue weighted by Crippen LogP contribution is 2.16. The van der Waals surface area contributed by atoms with Crippen LogP contribution >= 0.6 is 0 Å². The van der Waals surface area contributed by atoms with E-state index in [1.807, 2.05) is 19.1 Å². The Morgan fingerprint density at radius 1 is 1.59 bits per heavy atom. The van der Waals surface area contributed by atoms with E-state index in [4.69, 9.17) is 14.3 Å². The molecule has 1 fully saturated rings. The lowest BCUT2D eigenvalue weighted by Crippen LogP contribution is -2.45. The molecule has 2 heterocycles. The molecule has 1 aromatic heterocycles. The van der Waals surface area contributed by atoms with Gasteiger partial charge in [-0.25, -0.2) is 0 Å². The maximum Gasteiger partial charge on any atom is 0.305 e. The average molecular weight is 239 g/mol. The van der Waals surface area contributed by atoms with Gasteiger partial charge in [0.25, 0.3) is 0 Å². The number of carboxylic acids is 1. The molecule has 1 aliphatic heterocycles. The van der Waals surface area contributed by atoms with Crippen molar-refractivity contribution in [2.75, 3.05) is 19.8 Å². The third-order valence-electron chi connectivity index (χ3n) is 2.91. The summed E-state index contributed by atoms with van der Waals surface area (Å²) in [7, 11) is 0. The summed E-state index contributed by atoms with van der Waals surface area (Å²) >= 11 is 0. The van der Waals surface area contributed by atoms with Crippen LogP contribution in [0.5, 0.6) is 0 Å². The van der Waals surface area contributed by atoms with Crippen molar-refractivity contribution in [1.29, 1.82) is 0 Å². The standard InChI is InChI=1S/C12H17NO4/c1-9-2-3-11(17-9)7-13-4-5-16-8-10(13)6-12(14)15/h2-3,10H,4-8H2,1H3,(H,14,15). The first-order valence-corrected chi connectivity index (χ1v) is 5.74. The Labute approximate surface area is 100.0 Å². The second-order valence-electron chi connectivity index (χ2n) is 4.31. The summed E-state index contributed by atoms with van der Waals surface area (Å²) in [6.45, 7) is 4.42. The van der Waals surface area contributed by atoms with Crippen LogP contribution in [-0.4, -0.2) is 41.8 Å². The first-order chi connectivity index (χ1) is 8.15. The molecule has 5 heteroatoms. The van der Waals surface area contributed by atoms with Crippen molar-refractivity contribution < 1.29 is 19.1 Å². The van der Waals surface area contributed by atoms with Crippen molar-refractivity contribution in [3.63, 3.8) is 0 Å². The molecule has 0 radical (unpaired) electrons. The number of furan rings is 1. The van der Waals surface area contributed by atoms with Gasteiger partial charge in [-0.05, 0) is 19.1 Å². The van der Waals surface area contributed by atoms with Gasteiger partial charge in [0.1, 0.15) is 11.5 Å². The zero-order valence-electron chi connectivity index (χ0n) is 9.89. The molecule has 1 aromatic rings. The van der Waals surface area contributed by atoms with Gasteiger partial charge in [0.05, 0.1) is 26.2 Å². The molecule has 0 spiro atoms. The Balaban J connectivity index is 1.98. The minimum absolute atomic E-state index is 0.0633. The zero-order chi connectivity index (χ0) is 12.3. The Bertz CT molecular complexity index is 388. The van der Waals surface area contributed by atoms with Crippen molar-refractivity contribution in [2.24, 2.45) is 0 Å². The summed E-state index contributed by atoms with van der Waals surface area (Å²) in [6.07, 6.45) is 0.111. The largest absolute Gasteiger partial charge is 0.481 e. The normalized spacial score (nSPS) is 21.6. The molecule has 1 unspecified atom stereocenters. The Kier molecular flexibility index (Phi) is 3.81. The number of aliphatic carboxylic acids is 1. The van der Waals surface area contributed by atoms with Crippen LogP contribution in [-0.2, 0) is 16.1 Å². The lowest BCUT2D eigenvalue weighted by Gasteiger charge is -2.34. The second kappa shape index (κ2) is 5.33.